The van der Waals surface area contributed by atoms with Gasteiger partial charge in [0.2, 0.25) is 5.91 Å². The summed E-state index contributed by atoms with van der Waals surface area (Å²) >= 11 is 0. The molecular formula is C14H20N2O3. The number of rotatable bonds is 7. The van der Waals surface area contributed by atoms with E-state index in [-0.39, 0.29) is 11.9 Å². The van der Waals surface area contributed by atoms with E-state index >= 15 is 0 Å². The molecule has 1 amide bonds. The molecule has 5 heteroatoms. The molecule has 2 rings (SSSR count). The summed E-state index contributed by atoms with van der Waals surface area (Å²) in [5, 5.41) is 5.82. The highest BCUT2D eigenvalue weighted by molar-refractivity contribution is 6.02. The van der Waals surface area contributed by atoms with Crippen LogP contribution in [0.2, 0.25) is 0 Å². The third-order valence-electron chi connectivity index (χ3n) is 2.99. The minimum absolute atomic E-state index is 0.0269. The molecule has 5 nitrogen and oxygen atoms in total. The summed E-state index contributed by atoms with van der Waals surface area (Å²) in [6.45, 7) is 3.92. The van der Waals surface area contributed by atoms with Gasteiger partial charge in [-0.2, -0.15) is 0 Å². The Balaban J connectivity index is 1.92. The summed E-state index contributed by atoms with van der Waals surface area (Å²) in [5.74, 6) is 0.719. The number of hydrogen-bond acceptors (Lipinski definition) is 4. The maximum absolute atomic E-state index is 11.7. The van der Waals surface area contributed by atoms with E-state index in [4.69, 9.17) is 9.47 Å². The average molecular weight is 264 g/mol. The van der Waals surface area contributed by atoms with Crippen LogP contribution in [-0.4, -0.2) is 32.8 Å². The fourth-order valence-corrected chi connectivity index (χ4v) is 2.08. The molecule has 1 heterocycles. The molecule has 1 unspecified atom stereocenters. The van der Waals surface area contributed by atoms with Crippen LogP contribution in [0.15, 0.2) is 18.2 Å². The number of amides is 1. The van der Waals surface area contributed by atoms with E-state index in [0.717, 1.165) is 30.0 Å². The first kappa shape index (κ1) is 13.8. The first-order chi connectivity index (χ1) is 9.26. The predicted octanol–water partition coefficient (Wildman–Crippen LogP) is 1.70. The standard InChI is InChI=1S/C14H20N2O3/c1-3-6-18-7-8-19-10-4-5-11-12(9-10)16-14(17)13(11)15-2/h4-5,9,13,15H,3,6-8H2,1-2H3,(H,16,17). The molecule has 1 aliphatic heterocycles. The largest absolute Gasteiger partial charge is 0.491 e. The lowest BCUT2D eigenvalue weighted by molar-refractivity contribution is -0.117. The van der Waals surface area contributed by atoms with Crippen molar-refractivity contribution in [2.45, 2.75) is 19.4 Å². The van der Waals surface area contributed by atoms with E-state index in [0.29, 0.717) is 13.2 Å². The molecule has 0 spiro atoms. The quantitative estimate of drug-likeness (QED) is 0.736. The zero-order chi connectivity index (χ0) is 13.7. The summed E-state index contributed by atoms with van der Waals surface area (Å²) in [6.07, 6.45) is 1.01. The Morgan fingerprint density at radius 3 is 2.89 bits per heavy atom. The van der Waals surface area contributed by atoms with E-state index < -0.39 is 0 Å². The molecule has 1 atom stereocenters. The molecule has 1 aliphatic rings. The number of hydrogen-bond donors (Lipinski definition) is 2. The zero-order valence-corrected chi connectivity index (χ0v) is 11.4. The van der Waals surface area contributed by atoms with Crippen molar-refractivity contribution in [2.24, 2.45) is 0 Å². The predicted molar refractivity (Wildman–Crippen MR) is 73.5 cm³/mol. The van der Waals surface area contributed by atoms with Crippen molar-refractivity contribution in [1.82, 2.24) is 5.32 Å². The normalized spacial score (nSPS) is 17.2. The van der Waals surface area contributed by atoms with E-state index in [1.54, 1.807) is 7.05 Å². The van der Waals surface area contributed by atoms with Crippen LogP contribution in [-0.2, 0) is 9.53 Å². The number of likely N-dealkylation sites (N-methyl/N-ethyl adjacent to an activating group) is 1. The second kappa shape index (κ2) is 6.54. The SMILES string of the molecule is CCCOCCOc1ccc2c(c1)NC(=O)C2NC. The van der Waals surface area contributed by atoms with E-state index in [9.17, 15) is 4.79 Å². The maximum atomic E-state index is 11.7. The van der Waals surface area contributed by atoms with Crippen LogP contribution in [0.3, 0.4) is 0 Å². The highest BCUT2D eigenvalue weighted by atomic mass is 16.5. The van der Waals surface area contributed by atoms with Crippen molar-refractivity contribution in [3.8, 4) is 5.75 Å². The van der Waals surface area contributed by atoms with Gasteiger partial charge in [-0.3, -0.25) is 4.79 Å². The average Bonchev–Trinajstić information content (AvgIpc) is 2.73. The number of benzene rings is 1. The topological polar surface area (TPSA) is 59.6 Å². The molecule has 0 fully saturated rings. The second-order valence-electron chi connectivity index (χ2n) is 4.42. The molecule has 0 saturated carbocycles. The van der Waals surface area contributed by atoms with Crippen molar-refractivity contribution in [3.05, 3.63) is 23.8 Å². The Morgan fingerprint density at radius 1 is 1.32 bits per heavy atom. The van der Waals surface area contributed by atoms with E-state index in [1.165, 1.54) is 0 Å². The van der Waals surface area contributed by atoms with Crippen molar-refractivity contribution in [3.63, 3.8) is 0 Å². The molecule has 2 N–H and O–H groups in total. The summed E-state index contributed by atoms with van der Waals surface area (Å²) in [7, 11) is 1.77. The molecule has 0 saturated heterocycles. The van der Waals surface area contributed by atoms with Crippen molar-refractivity contribution in [1.29, 1.82) is 0 Å². The Kier molecular flexibility index (Phi) is 4.76. The van der Waals surface area contributed by atoms with Crippen LogP contribution in [0.1, 0.15) is 24.9 Å². The lowest BCUT2D eigenvalue weighted by atomic mass is 10.1. The fraction of sp³-hybridized carbons (Fsp3) is 0.500. The van der Waals surface area contributed by atoms with Crippen LogP contribution in [0.25, 0.3) is 0 Å². The highest BCUT2D eigenvalue weighted by Gasteiger charge is 2.29. The third-order valence-corrected chi connectivity index (χ3v) is 2.99. The fourth-order valence-electron chi connectivity index (χ4n) is 2.08. The summed E-state index contributed by atoms with van der Waals surface area (Å²) < 4.78 is 10.9. The summed E-state index contributed by atoms with van der Waals surface area (Å²) in [4.78, 5) is 11.7. The molecule has 0 aromatic heterocycles. The number of nitrogens with one attached hydrogen (secondary N) is 2. The molecule has 1 aromatic carbocycles. The van der Waals surface area contributed by atoms with Gasteiger partial charge in [0.1, 0.15) is 18.4 Å². The highest BCUT2D eigenvalue weighted by Crippen LogP contribution is 2.33. The van der Waals surface area contributed by atoms with Gasteiger partial charge in [0.05, 0.1) is 6.61 Å². The van der Waals surface area contributed by atoms with Crippen LogP contribution in [0, 0.1) is 0 Å². The van der Waals surface area contributed by atoms with E-state index in [1.807, 2.05) is 18.2 Å². The van der Waals surface area contributed by atoms with Crippen molar-refractivity contribution in [2.75, 3.05) is 32.2 Å². The lowest BCUT2D eigenvalue weighted by Gasteiger charge is -2.09. The van der Waals surface area contributed by atoms with Crippen LogP contribution in [0.4, 0.5) is 5.69 Å². The lowest BCUT2D eigenvalue weighted by Crippen LogP contribution is -2.23. The van der Waals surface area contributed by atoms with Gasteiger partial charge in [-0.1, -0.05) is 13.0 Å². The van der Waals surface area contributed by atoms with Crippen LogP contribution in [0.5, 0.6) is 5.75 Å². The molecule has 0 bridgehead atoms. The maximum Gasteiger partial charge on any atom is 0.246 e. The Bertz CT molecular complexity index is 448. The first-order valence-corrected chi connectivity index (χ1v) is 6.59. The number of fused-ring (bicyclic) bond motifs is 1. The molecule has 104 valence electrons. The molecule has 1 aromatic rings. The van der Waals surface area contributed by atoms with Gasteiger partial charge in [-0.05, 0) is 19.5 Å². The number of anilines is 1. The van der Waals surface area contributed by atoms with Gasteiger partial charge < -0.3 is 20.1 Å². The van der Waals surface area contributed by atoms with Crippen LogP contribution >= 0.6 is 0 Å². The smallest absolute Gasteiger partial charge is 0.246 e. The summed E-state index contributed by atoms with van der Waals surface area (Å²) in [5.41, 5.74) is 1.78. The van der Waals surface area contributed by atoms with Crippen molar-refractivity contribution < 1.29 is 14.3 Å². The number of carbonyl (C=O) groups excluding carboxylic acids is 1. The van der Waals surface area contributed by atoms with Gasteiger partial charge in [0.15, 0.2) is 0 Å². The minimum Gasteiger partial charge on any atom is -0.491 e. The monoisotopic (exact) mass is 264 g/mol. The Labute approximate surface area is 113 Å². The van der Waals surface area contributed by atoms with Gasteiger partial charge >= 0.3 is 0 Å². The van der Waals surface area contributed by atoms with E-state index in [2.05, 4.69) is 17.6 Å². The van der Waals surface area contributed by atoms with Gasteiger partial charge in [-0.25, -0.2) is 0 Å². The number of ether oxygens (including phenoxy) is 2. The molecule has 0 radical (unpaired) electrons. The van der Waals surface area contributed by atoms with Gasteiger partial charge in [0, 0.05) is 23.9 Å². The van der Waals surface area contributed by atoms with Gasteiger partial charge in [-0.15, -0.1) is 0 Å². The van der Waals surface area contributed by atoms with Gasteiger partial charge in [0.25, 0.3) is 0 Å². The molecular weight excluding hydrogens is 244 g/mol. The Hall–Kier alpha value is -1.59. The van der Waals surface area contributed by atoms with Crippen molar-refractivity contribution >= 4 is 11.6 Å². The minimum atomic E-state index is -0.267. The molecule has 0 aliphatic carbocycles. The Morgan fingerprint density at radius 2 is 2.16 bits per heavy atom. The molecule has 19 heavy (non-hydrogen) atoms. The second-order valence-corrected chi connectivity index (χ2v) is 4.42. The number of carbonyl (C=O) groups is 1. The third kappa shape index (κ3) is 3.24. The van der Waals surface area contributed by atoms with Crippen LogP contribution < -0.4 is 15.4 Å². The summed E-state index contributed by atoms with van der Waals surface area (Å²) in [6, 6.07) is 5.38. The zero-order valence-electron chi connectivity index (χ0n) is 11.4. The first-order valence-electron chi connectivity index (χ1n) is 6.59.